The predicted molar refractivity (Wildman–Crippen MR) is 55.3 cm³/mol. The molecule has 2 nitrogen and oxygen atoms in total. The van der Waals surface area contributed by atoms with Crippen molar-refractivity contribution in [2.75, 3.05) is 0 Å². The maximum absolute atomic E-state index is 5.10. The first-order valence-corrected chi connectivity index (χ1v) is 4.48. The monoisotopic (exact) mass is 182 g/mol. The van der Waals surface area contributed by atoms with E-state index in [0.29, 0.717) is 0 Å². The van der Waals surface area contributed by atoms with Crippen LogP contribution in [0.15, 0.2) is 36.6 Å². The Hall–Kier alpha value is -1.83. The highest BCUT2D eigenvalue weighted by molar-refractivity contribution is 5.81. The number of fused-ring (bicyclic) bond motifs is 2. The molecule has 1 aromatic heterocycles. The fraction of sp³-hybridized carbons (Fsp3) is 0. The summed E-state index contributed by atoms with van der Waals surface area (Å²) < 4.78 is 5.10. The number of ether oxygens (including phenoxy) is 1. The molecule has 1 aromatic carbocycles. The quantitative estimate of drug-likeness (QED) is 0.625. The van der Waals surface area contributed by atoms with Gasteiger partial charge in [0.05, 0.1) is 17.5 Å². The summed E-state index contributed by atoms with van der Waals surface area (Å²) in [5, 5.41) is 1.14. The molecule has 2 heterocycles. The molecule has 0 unspecified atom stereocenters. The topological polar surface area (TPSA) is 22.1 Å². The predicted octanol–water partition coefficient (Wildman–Crippen LogP) is 2.75. The largest absolute Gasteiger partial charge is 0.489 e. The van der Waals surface area contributed by atoms with E-state index in [9.17, 15) is 0 Å². The van der Waals surface area contributed by atoms with E-state index >= 15 is 0 Å². The summed E-state index contributed by atoms with van der Waals surface area (Å²) in [6.07, 6.45) is 3.52. The van der Waals surface area contributed by atoms with Crippen molar-refractivity contribution in [3.63, 3.8) is 0 Å². The van der Waals surface area contributed by atoms with Gasteiger partial charge in [-0.2, -0.15) is 0 Å². The molecule has 67 valence electrons. The zero-order valence-electron chi connectivity index (χ0n) is 7.47. The fourth-order valence-electron chi connectivity index (χ4n) is 1.59. The standard InChI is InChI=1S/C12H8NO/c1-2-4-11-9(3-1)7-10-8-14-6-5-12(10)13-11/h1-8H. The van der Waals surface area contributed by atoms with E-state index in [-0.39, 0.29) is 0 Å². The van der Waals surface area contributed by atoms with Crippen molar-refractivity contribution in [2.24, 2.45) is 0 Å². The van der Waals surface area contributed by atoms with E-state index in [1.165, 1.54) is 0 Å². The molecule has 2 aromatic rings. The zero-order valence-corrected chi connectivity index (χ0v) is 7.47. The molecule has 0 fully saturated rings. The Morgan fingerprint density at radius 3 is 3.07 bits per heavy atom. The van der Waals surface area contributed by atoms with Crippen LogP contribution in [-0.4, -0.2) is 4.98 Å². The molecular formula is C12H8NO. The van der Waals surface area contributed by atoms with Gasteiger partial charge in [-0.1, -0.05) is 18.2 Å². The van der Waals surface area contributed by atoms with Crippen LogP contribution in [0.25, 0.3) is 17.0 Å². The van der Waals surface area contributed by atoms with Gasteiger partial charge in [0.2, 0.25) is 0 Å². The molecule has 0 saturated carbocycles. The normalized spacial score (nSPS) is 13.7. The van der Waals surface area contributed by atoms with E-state index in [0.717, 1.165) is 22.2 Å². The van der Waals surface area contributed by atoms with Gasteiger partial charge in [-0.25, -0.2) is 4.98 Å². The lowest BCUT2D eigenvalue weighted by atomic mass is 10.1. The van der Waals surface area contributed by atoms with Gasteiger partial charge in [0.1, 0.15) is 0 Å². The van der Waals surface area contributed by atoms with Gasteiger partial charge in [0.25, 0.3) is 0 Å². The minimum atomic E-state index is 0.968. The van der Waals surface area contributed by atoms with Crippen LogP contribution in [-0.2, 0) is 4.74 Å². The van der Waals surface area contributed by atoms with Gasteiger partial charge >= 0.3 is 0 Å². The first-order valence-electron chi connectivity index (χ1n) is 4.48. The highest BCUT2D eigenvalue weighted by atomic mass is 16.5. The van der Waals surface area contributed by atoms with Gasteiger partial charge in [-0.05, 0) is 18.2 Å². The number of hydrogen-bond acceptors (Lipinski definition) is 2. The third-order valence-corrected chi connectivity index (χ3v) is 2.28. The van der Waals surface area contributed by atoms with E-state index in [4.69, 9.17) is 4.74 Å². The van der Waals surface area contributed by atoms with Crippen molar-refractivity contribution in [2.45, 2.75) is 0 Å². The summed E-state index contributed by atoms with van der Waals surface area (Å²) in [4.78, 5) is 4.52. The lowest BCUT2D eigenvalue weighted by Gasteiger charge is -2.10. The summed E-state index contributed by atoms with van der Waals surface area (Å²) in [5.41, 5.74) is 3.02. The van der Waals surface area contributed by atoms with E-state index in [1.807, 2.05) is 24.3 Å². The number of nitrogens with zero attached hydrogens (tertiary/aromatic N) is 1. The van der Waals surface area contributed by atoms with Crippen molar-refractivity contribution in [3.8, 4) is 0 Å². The zero-order chi connectivity index (χ0) is 9.38. The summed E-state index contributed by atoms with van der Waals surface area (Å²) in [5.74, 6) is 0. The minimum absolute atomic E-state index is 0.968. The lowest BCUT2D eigenvalue weighted by molar-refractivity contribution is 0.351. The highest BCUT2D eigenvalue weighted by Gasteiger charge is 2.08. The van der Waals surface area contributed by atoms with Crippen molar-refractivity contribution in [1.82, 2.24) is 4.98 Å². The van der Waals surface area contributed by atoms with Gasteiger partial charge < -0.3 is 4.74 Å². The summed E-state index contributed by atoms with van der Waals surface area (Å²) in [7, 11) is 0. The molecule has 1 aliphatic heterocycles. The molecule has 3 rings (SSSR count). The molecule has 2 heteroatoms. The van der Waals surface area contributed by atoms with Gasteiger partial charge in [0.15, 0.2) is 6.61 Å². The van der Waals surface area contributed by atoms with Crippen molar-refractivity contribution >= 4 is 17.0 Å². The Balaban J connectivity index is 2.34. The van der Waals surface area contributed by atoms with Crippen LogP contribution in [0, 0.1) is 6.61 Å². The second kappa shape index (κ2) is 2.84. The van der Waals surface area contributed by atoms with E-state index in [1.54, 1.807) is 12.9 Å². The van der Waals surface area contributed by atoms with Crippen LogP contribution in [0.5, 0.6) is 0 Å². The Labute approximate surface area is 81.8 Å². The Kier molecular flexibility index (Phi) is 1.53. The third kappa shape index (κ3) is 1.08. The SMILES string of the molecule is [CH]1OC=Cc2nc3ccccc3cc21. The third-order valence-electron chi connectivity index (χ3n) is 2.28. The van der Waals surface area contributed by atoms with Crippen LogP contribution in [0.4, 0.5) is 0 Å². The number of benzene rings is 1. The van der Waals surface area contributed by atoms with E-state index in [2.05, 4.69) is 17.1 Å². The molecule has 0 saturated heterocycles. The van der Waals surface area contributed by atoms with Crippen LogP contribution in [0.1, 0.15) is 11.3 Å². The highest BCUT2D eigenvalue weighted by Crippen LogP contribution is 2.22. The lowest BCUT2D eigenvalue weighted by Crippen LogP contribution is -1.97. The first kappa shape index (κ1) is 7.56. The maximum atomic E-state index is 5.10. The van der Waals surface area contributed by atoms with Crippen LogP contribution in [0.2, 0.25) is 0 Å². The molecule has 0 spiro atoms. The van der Waals surface area contributed by atoms with Gasteiger partial charge in [0, 0.05) is 10.9 Å². The summed E-state index contributed by atoms with van der Waals surface area (Å²) in [6, 6.07) is 10.2. The average molecular weight is 182 g/mol. The number of hydrogen-bond donors (Lipinski definition) is 0. The summed E-state index contributed by atoms with van der Waals surface area (Å²) in [6.45, 7) is 1.72. The van der Waals surface area contributed by atoms with Crippen LogP contribution < -0.4 is 0 Å². The molecule has 1 aliphatic rings. The Morgan fingerprint density at radius 1 is 1.14 bits per heavy atom. The van der Waals surface area contributed by atoms with Crippen LogP contribution >= 0.6 is 0 Å². The second-order valence-corrected chi connectivity index (χ2v) is 3.21. The molecule has 14 heavy (non-hydrogen) atoms. The smallest absolute Gasteiger partial charge is 0.166 e. The fourth-order valence-corrected chi connectivity index (χ4v) is 1.59. The van der Waals surface area contributed by atoms with Crippen molar-refractivity contribution in [1.29, 1.82) is 0 Å². The van der Waals surface area contributed by atoms with Gasteiger partial charge in [-0.15, -0.1) is 0 Å². The van der Waals surface area contributed by atoms with Crippen LogP contribution in [0.3, 0.4) is 0 Å². The second-order valence-electron chi connectivity index (χ2n) is 3.21. The van der Waals surface area contributed by atoms with Gasteiger partial charge in [-0.3, -0.25) is 0 Å². The summed E-state index contributed by atoms with van der Waals surface area (Å²) >= 11 is 0. The maximum Gasteiger partial charge on any atom is 0.166 e. The molecule has 0 N–H and O–H groups in total. The first-order chi connectivity index (χ1) is 6.93. The molecule has 0 amide bonds. The minimum Gasteiger partial charge on any atom is -0.489 e. The molecular weight excluding hydrogens is 174 g/mol. The molecule has 0 aliphatic carbocycles. The number of para-hydroxylation sites is 1. The molecule has 0 atom stereocenters. The molecule has 1 radical (unpaired) electrons. The van der Waals surface area contributed by atoms with Crippen molar-refractivity contribution in [3.05, 3.63) is 54.5 Å². The number of rotatable bonds is 0. The number of aromatic nitrogens is 1. The Morgan fingerprint density at radius 2 is 2.07 bits per heavy atom. The van der Waals surface area contributed by atoms with E-state index < -0.39 is 0 Å². The van der Waals surface area contributed by atoms with Crippen molar-refractivity contribution < 1.29 is 4.74 Å². The molecule has 0 bridgehead atoms. The Bertz CT molecular complexity index is 517. The average Bonchev–Trinajstić information content (AvgIpc) is 2.26. The number of pyridine rings is 1.